The number of nitrogens with zero attached hydrogens (tertiary/aromatic N) is 1. The number of pyridine rings is 1. The molecule has 1 aromatic heterocycles. The number of nitrogens with one attached hydrogen (secondary N) is 1. The molecule has 0 bridgehead atoms. The second-order valence-corrected chi connectivity index (χ2v) is 8.65. The standard InChI is InChI=1S/C18H21FN2O4S/c1-12(2)26(22,23)21-16-10-24-11-17(16)25-14-7-5-13(6-8-14)15-4-3-9-20-18(15)19/h3-9,12,16-17,21H,10-11H2,1-2H3/t16-,17+/m0/s1. The second-order valence-electron chi connectivity index (χ2n) is 6.38. The van der Waals surface area contributed by atoms with Crippen LogP contribution in [0, 0.1) is 5.95 Å². The Kier molecular flexibility index (Phi) is 5.55. The monoisotopic (exact) mass is 380 g/mol. The minimum atomic E-state index is -3.41. The molecule has 1 aliphatic rings. The van der Waals surface area contributed by atoms with E-state index in [1.807, 2.05) is 0 Å². The summed E-state index contributed by atoms with van der Waals surface area (Å²) in [5, 5.41) is -0.530. The molecule has 26 heavy (non-hydrogen) atoms. The van der Waals surface area contributed by atoms with Crippen LogP contribution in [0.3, 0.4) is 0 Å². The number of sulfonamides is 1. The van der Waals surface area contributed by atoms with Crippen LogP contribution in [0.4, 0.5) is 4.39 Å². The summed E-state index contributed by atoms with van der Waals surface area (Å²) in [6, 6.07) is 9.78. The summed E-state index contributed by atoms with van der Waals surface area (Å²) in [6.07, 6.45) is 0.971. The van der Waals surface area contributed by atoms with Gasteiger partial charge in [-0.05, 0) is 43.7 Å². The molecular weight excluding hydrogens is 359 g/mol. The van der Waals surface area contributed by atoms with Crippen molar-refractivity contribution in [3.05, 3.63) is 48.5 Å². The van der Waals surface area contributed by atoms with E-state index in [0.29, 0.717) is 23.5 Å². The van der Waals surface area contributed by atoms with Crippen LogP contribution in [-0.2, 0) is 14.8 Å². The van der Waals surface area contributed by atoms with E-state index in [1.54, 1.807) is 50.2 Å². The van der Waals surface area contributed by atoms with Crippen LogP contribution in [0.1, 0.15) is 13.8 Å². The third-order valence-corrected chi connectivity index (χ3v) is 6.05. The van der Waals surface area contributed by atoms with Crippen molar-refractivity contribution >= 4 is 10.0 Å². The molecule has 1 fully saturated rings. The van der Waals surface area contributed by atoms with Crippen LogP contribution >= 0.6 is 0 Å². The van der Waals surface area contributed by atoms with E-state index in [1.165, 1.54) is 6.20 Å². The van der Waals surface area contributed by atoms with Crippen molar-refractivity contribution in [2.24, 2.45) is 0 Å². The fourth-order valence-corrected chi connectivity index (χ4v) is 3.51. The van der Waals surface area contributed by atoms with Crippen LogP contribution in [0.2, 0.25) is 0 Å². The average molecular weight is 380 g/mol. The van der Waals surface area contributed by atoms with Crippen molar-refractivity contribution in [2.75, 3.05) is 13.2 Å². The molecule has 1 saturated heterocycles. The summed E-state index contributed by atoms with van der Waals surface area (Å²) < 4.78 is 51.7. The Morgan fingerprint density at radius 3 is 2.62 bits per heavy atom. The van der Waals surface area contributed by atoms with Crippen molar-refractivity contribution in [1.82, 2.24) is 9.71 Å². The molecule has 6 nitrogen and oxygen atoms in total. The van der Waals surface area contributed by atoms with Gasteiger partial charge in [-0.3, -0.25) is 0 Å². The molecule has 1 aliphatic heterocycles. The van der Waals surface area contributed by atoms with Crippen LogP contribution in [0.5, 0.6) is 5.75 Å². The van der Waals surface area contributed by atoms with Crippen LogP contribution in [0.25, 0.3) is 11.1 Å². The number of benzene rings is 1. The molecule has 0 saturated carbocycles. The third-order valence-electron chi connectivity index (χ3n) is 4.18. The first-order valence-electron chi connectivity index (χ1n) is 8.33. The predicted octanol–water partition coefficient (Wildman–Crippen LogP) is 2.36. The molecule has 3 rings (SSSR count). The number of hydrogen-bond donors (Lipinski definition) is 1. The molecule has 0 spiro atoms. The first-order valence-corrected chi connectivity index (χ1v) is 9.88. The Balaban J connectivity index is 1.70. The Bertz CT molecular complexity index is 856. The zero-order valence-corrected chi connectivity index (χ0v) is 15.4. The minimum Gasteiger partial charge on any atom is -0.486 e. The summed E-state index contributed by atoms with van der Waals surface area (Å²) in [5.74, 6) is 0.0239. The summed E-state index contributed by atoms with van der Waals surface area (Å²) in [6.45, 7) is 3.79. The molecule has 2 heterocycles. The van der Waals surface area contributed by atoms with Gasteiger partial charge in [-0.1, -0.05) is 12.1 Å². The molecule has 2 atom stereocenters. The van der Waals surface area contributed by atoms with Gasteiger partial charge in [0.25, 0.3) is 0 Å². The van der Waals surface area contributed by atoms with E-state index in [0.717, 1.165) is 0 Å². The molecule has 2 aromatic rings. The highest BCUT2D eigenvalue weighted by Gasteiger charge is 2.34. The lowest BCUT2D eigenvalue weighted by Gasteiger charge is -2.21. The van der Waals surface area contributed by atoms with Gasteiger partial charge in [0, 0.05) is 11.8 Å². The minimum absolute atomic E-state index is 0.260. The zero-order valence-electron chi connectivity index (χ0n) is 14.6. The maximum absolute atomic E-state index is 13.8. The molecule has 140 valence electrons. The number of halogens is 1. The first-order chi connectivity index (χ1) is 12.4. The van der Waals surface area contributed by atoms with Gasteiger partial charge >= 0.3 is 0 Å². The van der Waals surface area contributed by atoms with Gasteiger partial charge in [0.05, 0.1) is 24.5 Å². The maximum atomic E-state index is 13.8. The highest BCUT2D eigenvalue weighted by atomic mass is 32.2. The smallest absolute Gasteiger partial charge is 0.220 e. The second kappa shape index (κ2) is 7.69. The third kappa shape index (κ3) is 4.20. The van der Waals surface area contributed by atoms with Crippen LogP contribution in [0.15, 0.2) is 42.6 Å². The molecule has 0 unspecified atom stereocenters. The van der Waals surface area contributed by atoms with Crippen molar-refractivity contribution in [3.63, 3.8) is 0 Å². The fourth-order valence-electron chi connectivity index (χ4n) is 2.60. The summed E-state index contributed by atoms with van der Waals surface area (Å²) in [4.78, 5) is 3.64. The van der Waals surface area contributed by atoms with Gasteiger partial charge in [-0.15, -0.1) is 0 Å². The van der Waals surface area contributed by atoms with E-state index >= 15 is 0 Å². The van der Waals surface area contributed by atoms with Crippen LogP contribution in [-0.4, -0.2) is 44.0 Å². The lowest BCUT2D eigenvalue weighted by molar-refractivity contribution is 0.140. The lowest BCUT2D eigenvalue weighted by Crippen LogP contribution is -2.47. The van der Waals surface area contributed by atoms with Crippen molar-refractivity contribution in [3.8, 4) is 16.9 Å². The molecule has 0 amide bonds. The van der Waals surface area contributed by atoms with E-state index < -0.39 is 33.4 Å². The van der Waals surface area contributed by atoms with Gasteiger partial charge in [-0.2, -0.15) is 4.39 Å². The Morgan fingerprint density at radius 1 is 1.23 bits per heavy atom. The zero-order chi connectivity index (χ0) is 18.7. The Labute approximate surface area is 152 Å². The number of aromatic nitrogens is 1. The molecule has 8 heteroatoms. The quantitative estimate of drug-likeness (QED) is 0.779. The van der Waals surface area contributed by atoms with E-state index in [2.05, 4.69) is 9.71 Å². The normalized spacial score (nSPS) is 20.5. The van der Waals surface area contributed by atoms with Crippen molar-refractivity contribution in [1.29, 1.82) is 0 Å². The molecule has 0 aliphatic carbocycles. The highest BCUT2D eigenvalue weighted by Crippen LogP contribution is 2.25. The van der Waals surface area contributed by atoms with Gasteiger partial charge in [0.2, 0.25) is 16.0 Å². The number of ether oxygens (including phenoxy) is 2. The van der Waals surface area contributed by atoms with E-state index in [4.69, 9.17) is 9.47 Å². The maximum Gasteiger partial charge on any atom is 0.220 e. The molecule has 0 radical (unpaired) electrons. The Hall–Kier alpha value is -2.03. The number of hydrogen-bond acceptors (Lipinski definition) is 5. The average Bonchev–Trinajstić information content (AvgIpc) is 3.02. The number of rotatable bonds is 6. The Morgan fingerprint density at radius 2 is 1.96 bits per heavy atom. The van der Waals surface area contributed by atoms with Crippen molar-refractivity contribution < 1.29 is 22.3 Å². The SMILES string of the molecule is CC(C)S(=O)(=O)N[C@H]1COC[C@H]1Oc1ccc(-c2cccnc2F)cc1. The molecule has 1 N–H and O–H groups in total. The fraction of sp³-hybridized carbons (Fsp3) is 0.389. The summed E-state index contributed by atoms with van der Waals surface area (Å²) >= 11 is 0. The highest BCUT2D eigenvalue weighted by molar-refractivity contribution is 7.90. The van der Waals surface area contributed by atoms with Crippen molar-refractivity contribution in [2.45, 2.75) is 31.2 Å². The summed E-state index contributed by atoms with van der Waals surface area (Å²) in [7, 11) is -3.41. The first kappa shape index (κ1) is 18.8. The largest absolute Gasteiger partial charge is 0.486 e. The van der Waals surface area contributed by atoms with Gasteiger partial charge < -0.3 is 9.47 Å². The van der Waals surface area contributed by atoms with Gasteiger partial charge in [0.1, 0.15) is 11.9 Å². The van der Waals surface area contributed by atoms with Gasteiger partial charge in [-0.25, -0.2) is 18.1 Å². The topological polar surface area (TPSA) is 77.5 Å². The van der Waals surface area contributed by atoms with E-state index in [-0.39, 0.29) is 6.61 Å². The van der Waals surface area contributed by atoms with Gasteiger partial charge in [0.15, 0.2) is 0 Å². The van der Waals surface area contributed by atoms with E-state index in [9.17, 15) is 12.8 Å². The summed E-state index contributed by atoms with van der Waals surface area (Å²) in [5.41, 5.74) is 1.09. The lowest BCUT2D eigenvalue weighted by atomic mass is 10.1. The predicted molar refractivity (Wildman–Crippen MR) is 95.8 cm³/mol. The molecular formula is C18H21FN2O4S. The molecule has 1 aromatic carbocycles. The van der Waals surface area contributed by atoms with Crippen LogP contribution < -0.4 is 9.46 Å².